The van der Waals surface area contributed by atoms with Gasteiger partial charge in [0.1, 0.15) is 6.10 Å². The molecule has 272 valence electrons. The summed E-state index contributed by atoms with van der Waals surface area (Å²) in [6.45, 7) is 17.1. The van der Waals surface area contributed by atoms with Crippen molar-refractivity contribution < 1.29 is 9.53 Å². The third-order valence-electron chi connectivity index (χ3n) is 14.1. The second-order valence-electron chi connectivity index (χ2n) is 17.7. The smallest absolute Gasteiger partial charge is 0.306 e. The van der Waals surface area contributed by atoms with Gasteiger partial charge in [-0.1, -0.05) is 129 Å². The van der Waals surface area contributed by atoms with Crippen LogP contribution in [0.1, 0.15) is 177 Å². The fourth-order valence-electron chi connectivity index (χ4n) is 10.5. The van der Waals surface area contributed by atoms with Crippen molar-refractivity contribution in [3.8, 4) is 0 Å². The molecule has 0 amide bonds. The Kier molecular flexibility index (Phi) is 15.6. The number of unbranched alkanes of at least 4 members (excludes halogenated alkanes) is 8. The molecule has 0 spiro atoms. The Morgan fingerprint density at radius 2 is 1.48 bits per heavy atom. The van der Waals surface area contributed by atoms with Crippen molar-refractivity contribution in [2.24, 2.45) is 52.3 Å². The highest BCUT2D eigenvalue weighted by molar-refractivity contribution is 5.69. The molecule has 0 aromatic carbocycles. The van der Waals surface area contributed by atoms with Crippen LogP contribution in [0.25, 0.3) is 0 Å². The van der Waals surface area contributed by atoms with Crippen molar-refractivity contribution in [2.75, 3.05) is 0 Å². The van der Waals surface area contributed by atoms with E-state index >= 15 is 0 Å². The van der Waals surface area contributed by atoms with E-state index in [2.05, 4.69) is 91.0 Å². The zero-order valence-corrected chi connectivity index (χ0v) is 32.6. The molecule has 0 aromatic rings. The fraction of sp³-hybridized carbons (Fsp3) is 0.804. The summed E-state index contributed by atoms with van der Waals surface area (Å²) < 4.78 is 6.14. The first-order valence-corrected chi connectivity index (χ1v) is 21.0. The fourth-order valence-corrected chi connectivity index (χ4v) is 10.5. The second kappa shape index (κ2) is 19.2. The molecule has 0 N–H and O–H groups in total. The number of rotatable bonds is 19. The maximum atomic E-state index is 12.8. The lowest BCUT2D eigenvalue weighted by Gasteiger charge is -2.58. The van der Waals surface area contributed by atoms with Crippen LogP contribution in [0.4, 0.5) is 0 Å². The number of fused-ring (bicyclic) bond motifs is 5. The zero-order chi connectivity index (χ0) is 34.6. The number of carbonyl (C=O) groups is 1. The topological polar surface area (TPSA) is 26.3 Å². The van der Waals surface area contributed by atoms with Crippen LogP contribution in [0.5, 0.6) is 0 Å². The Morgan fingerprint density at radius 3 is 2.21 bits per heavy atom. The molecule has 3 fully saturated rings. The Morgan fingerprint density at radius 1 is 0.812 bits per heavy atom. The third kappa shape index (κ3) is 10.2. The number of hydrogen-bond donors (Lipinski definition) is 0. The van der Waals surface area contributed by atoms with Crippen LogP contribution in [0.3, 0.4) is 0 Å². The minimum Gasteiger partial charge on any atom is -0.462 e. The molecule has 4 aliphatic carbocycles. The molecule has 3 saturated carbocycles. The van der Waals surface area contributed by atoms with Gasteiger partial charge < -0.3 is 4.74 Å². The van der Waals surface area contributed by atoms with Gasteiger partial charge >= 0.3 is 5.97 Å². The van der Waals surface area contributed by atoms with Crippen LogP contribution in [0, 0.1) is 52.3 Å². The normalized spacial score (nSPS) is 33.2. The average Bonchev–Trinajstić information content (AvgIpc) is 3.42. The standard InChI is InChI=1S/C46H76O2/c1-8-9-10-11-12-13-14-15-16-17-18-19-20-21-22-23-44(47)48-39-30-32-45(6)38(34-39)26-27-40-42-29-28-41(46(42,7)33-31-43(40)45)37(5)25-24-36(4)35(2)3/h12-13,15-16,24-25,27,35-39,41-43H,8-11,14,17-23,26,28-34H2,1-7H3. The van der Waals surface area contributed by atoms with Gasteiger partial charge in [-0.3, -0.25) is 4.79 Å². The van der Waals surface area contributed by atoms with E-state index in [1.165, 1.54) is 89.9 Å². The molecule has 2 heteroatoms. The van der Waals surface area contributed by atoms with Crippen LogP contribution in [0.2, 0.25) is 0 Å². The van der Waals surface area contributed by atoms with Gasteiger partial charge in [0.15, 0.2) is 0 Å². The van der Waals surface area contributed by atoms with Crippen molar-refractivity contribution in [1.29, 1.82) is 0 Å². The Balaban J connectivity index is 1.15. The van der Waals surface area contributed by atoms with Crippen molar-refractivity contribution in [3.05, 3.63) is 48.1 Å². The molecule has 9 atom stereocenters. The first-order valence-electron chi connectivity index (χ1n) is 21.0. The van der Waals surface area contributed by atoms with E-state index in [4.69, 9.17) is 4.74 Å². The van der Waals surface area contributed by atoms with E-state index in [1.54, 1.807) is 0 Å². The Labute approximate surface area is 298 Å². The summed E-state index contributed by atoms with van der Waals surface area (Å²) in [5, 5.41) is 0. The first kappa shape index (κ1) is 39.2. The number of allylic oxidation sites excluding steroid dienone is 8. The highest BCUT2D eigenvalue weighted by atomic mass is 16.5. The van der Waals surface area contributed by atoms with E-state index < -0.39 is 0 Å². The lowest BCUT2D eigenvalue weighted by atomic mass is 9.47. The van der Waals surface area contributed by atoms with Crippen LogP contribution < -0.4 is 0 Å². The monoisotopic (exact) mass is 661 g/mol. The highest BCUT2D eigenvalue weighted by Crippen LogP contribution is 2.67. The summed E-state index contributed by atoms with van der Waals surface area (Å²) in [6, 6.07) is 0. The van der Waals surface area contributed by atoms with Gasteiger partial charge in [-0.25, -0.2) is 0 Å². The largest absolute Gasteiger partial charge is 0.462 e. The maximum Gasteiger partial charge on any atom is 0.306 e. The molecule has 0 aliphatic heterocycles. The predicted molar refractivity (Wildman–Crippen MR) is 207 cm³/mol. The van der Waals surface area contributed by atoms with Crippen LogP contribution >= 0.6 is 0 Å². The van der Waals surface area contributed by atoms with Gasteiger partial charge in [-0.05, 0) is 142 Å². The quantitative estimate of drug-likeness (QED) is 0.0783. The van der Waals surface area contributed by atoms with Crippen molar-refractivity contribution in [1.82, 2.24) is 0 Å². The molecule has 4 rings (SSSR count). The molecule has 48 heavy (non-hydrogen) atoms. The molecular formula is C46H76O2. The number of carbonyl (C=O) groups excluding carboxylic acids is 1. The van der Waals surface area contributed by atoms with E-state index in [0.29, 0.717) is 40.9 Å². The summed E-state index contributed by atoms with van der Waals surface area (Å²) in [6.07, 6.45) is 41.2. The number of esters is 1. The van der Waals surface area contributed by atoms with Gasteiger partial charge in [-0.2, -0.15) is 0 Å². The molecule has 2 nitrogen and oxygen atoms in total. The minimum atomic E-state index is 0.0534. The SMILES string of the molecule is CCCCCC=CCC=CCCCCCCCC(=O)OC1CCC2(C)C(CC=C3C2CCC2(C)C3CCC2C(C)C=CC(C)C(C)C)C1. The van der Waals surface area contributed by atoms with Crippen molar-refractivity contribution >= 4 is 5.97 Å². The predicted octanol–water partition coefficient (Wildman–Crippen LogP) is 13.8. The second-order valence-corrected chi connectivity index (χ2v) is 17.7. The summed E-state index contributed by atoms with van der Waals surface area (Å²) in [5.41, 5.74) is 2.67. The van der Waals surface area contributed by atoms with E-state index in [9.17, 15) is 4.79 Å². The average molecular weight is 661 g/mol. The first-order chi connectivity index (χ1) is 23.1. The van der Waals surface area contributed by atoms with Crippen LogP contribution in [-0.4, -0.2) is 12.1 Å². The maximum absolute atomic E-state index is 12.8. The lowest BCUT2D eigenvalue weighted by molar-refractivity contribution is -0.155. The molecule has 0 saturated heterocycles. The van der Waals surface area contributed by atoms with E-state index in [-0.39, 0.29) is 12.1 Å². The van der Waals surface area contributed by atoms with Crippen molar-refractivity contribution in [3.63, 3.8) is 0 Å². The Hall–Kier alpha value is -1.57. The summed E-state index contributed by atoms with van der Waals surface area (Å²) in [5.74, 6) is 5.07. The van der Waals surface area contributed by atoms with E-state index in [1.807, 2.05) is 5.57 Å². The number of hydrogen-bond acceptors (Lipinski definition) is 2. The van der Waals surface area contributed by atoms with Gasteiger partial charge in [0.25, 0.3) is 0 Å². The summed E-state index contributed by atoms with van der Waals surface area (Å²) in [4.78, 5) is 12.8. The Bertz CT molecular complexity index is 1090. The van der Waals surface area contributed by atoms with Crippen LogP contribution in [-0.2, 0) is 9.53 Å². The van der Waals surface area contributed by atoms with Crippen LogP contribution in [0.15, 0.2) is 48.1 Å². The van der Waals surface area contributed by atoms with E-state index in [0.717, 1.165) is 49.9 Å². The summed E-state index contributed by atoms with van der Waals surface area (Å²) >= 11 is 0. The van der Waals surface area contributed by atoms with Gasteiger partial charge in [0.05, 0.1) is 0 Å². The molecule has 9 unspecified atom stereocenters. The zero-order valence-electron chi connectivity index (χ0n) is 32.6. The molecule has 0 aromatic heterocycles. The van der Waals surface area contributed by atoms with Gasteiger partial charge in [-0.15, -0.1) is 0 Å². The van der Waals surface area contributed by atoms with Gasteiger partial charge in [0, 0.05) is 6.42 Å². The van der Waals surface area contributed by atoms with Gasteiger partial charge in [0.2, 0.25) is 0 Å². The minimum absolute atomic E-state index is 0.0534. The number of ether oxygens (including phenoxy) is 1. The molecule has 4 aliphatic rings. The summed E-state index contributed by atoms with van der Waals surface area (Å²) in [7, 11) is 0. The highest BCUT2D eigenvalue weighted by Gasteiger charge is 2.58. The molecule has 0 radical (unpaired) electrons. The molecule has 0 heterocycles. The lowest BCUT2D eigenvalue weighted by Crippen LogP contribution is -2.50. The van der Waals surface area contributed by atoms with Crippen molar-refractivity contribution in [2.45, 2.75) is 183 Å². The molecule has 0 bridgehead atoms. The molecular weight excluding hydrogens is 585 g/mol. The third-order valence-corrected chi connectivity index (χ3v) is 14.1.